The number of rotatable bonds is 0. The molecule has 0 aromatic heterocycles. The van der Waals surface area contributed by atoms with Gasteiger partial charge < -0.3 is 0 Å². The average Bonchev–Trinajstić information content (AvgIpc) is 2.12. The molecule has 0 aliphatic heterocycles. The number of hydrogen-bond acceptors (Lipinski definition) is 0. The van der Waals surface area contributed by atoms with E-state index in [-0.39, 0.29) is 0 Å². The molecule has 0 N–H and O–H groups in total. The Bertz CT molecular complexity index is 299. The van der Waals surface area contributed by atoms with Crippen LogP contribution in [0.1, 0.15) is 22.3 Å². The fourth-order valence-corrected chi connectivity index (χ4v) is 1.90. The van der Waals surface area contributed by atoms with Gasteiger partial charge in [0.1, 0.15) is 0 Å². The van der Waals surface area contributed by atoms with Gasteiger partial charge in [-0.15, -0.1) is 0 Å². The van der Waals surface area contributed by atoms with Gasteiger partial charge in [-0.05, 0) is 48.9 Å². The van der Waals surface area contributed by atoms with E-state index in [0.717, 1.165) is 12.8 Å². The molecule has 0 unspecified atom stereocenters. The van der Waals surface area contributed by atoms with Crippen LogP contribution in [0, 0.1) is 13.8 Å². The van der Waals surface area contributed by atoms with Gasteiger partial charge >= 0.3 is 0 Å². The zero-order valence-electron chi connectivity index (χ0n) is 7.72. The van der Waals surface area contributed by atoms with Crippen molar-refractivity contribution in [3.63, 3.8) is 0 Å². The monoisotopic (exact) mass is 158 g/mol. The molecule has 0 fully saturated rings. The highest BCUT2D eigenvalue weighted by Crippen LogP contribution is 2.23. The molecule has 0 heterocycles. The minimum absolute atomic E-state index is 1.13. The molecule has 1 aliphatic carbocycles. The van der Waals surface area contributed by atoms with Gasteiger partial charge in [-0.2, -0.15) is 0 Å². The van der Waals surface area contributed by atoms with Crippen LogP contribution in [-0.2, 0) is 12.8 Å². The van der Waals surface area contributed by atoms with Crippen molar-refractivity contribution in [3.05, 3.63) is 46.5 Å². The first-order valence-electron chi connectivity index (χ1n) is 4.52. The molecule has 0 spiro atoms. The van der Waals surface area contributed by atoms with Crippen LogP contribution in [0.4, 0.5) is 0 Å². The number of aryl methyl sites for hydroxylation is 2. The summed E-state index contributed by atoms with van der Waals surface area (Å²) in [5, 5.41) is 0. The predicted octanol–water partition coefficient (Wildman–Crippen LogP) is 2.96. The SMILES string of the molecule is Cc1ccc(C)c2c1CC=CC2. The third-order valence-corrected chi connectivity index (χ3v) is 2.71. The normalized spacial score (nSPS) is 14.5. The largest absolute Gasteiger partial charge is 0.0838 e. The lowest BCUT2D eigenvalue weighted by atomic mass is 9.90. The molecule has 0 saturated carbocycles. The quantitative estimate of drug-likeness (QED) is 0.509. The van der Waals surface area contributed by atoms with Crippen molar-refractivity contribution in [2.75, 3.05) is 0 Å². The number of benzene rings is 1. The molecule has 0 nitrogen and oxygen atoms in total. The number of fused-ring (bicyclic) bond motifs is 1. The lowest BCUT2D eigenvalue weighted by Crippen LogP contribution is -2.02. The van der Waals surface area contributed by atoms with Gasteiger partial charge in [0.2, 0.25) is 0 Å². The minimum Gasteiger partial charge on any atom is -0.0838 e. The third-order valence-electron chi connectivity index (χ3n) is 2.71. The molecule has 0 radical (unpaired) electrons. The summed E-state index contributed by atoms with van der Waals surface area (Å²) >= 11 is 0. The van der Waals surface area contributed by atoms with Crippen molar-refractivity contribution < 1.29 is 0 Å². The van der Waals surface area contributed by atoms with Gasteiger partial charge in [0, 0.05) is 0 Å². The molecule has 62 valence electrons. The summed E-state index contributed by atoms with van der Waals surface area (Å²) in [7, 11) is 0. The lowest BCUT2D eigenvalue weighted by Gasteiger charge is -2.16. The first-order chi connectivity index (χ1) is 5.79. The van der Waals surface area contributed by atoms with Crippen LogP contribution in [-0.4, -0.2) is 0 Å². The Morgan fingerprint density at radius 3 is 1.67 bits per heavy atom. The Labute approximate surface area is 73.9 Å². The highest BCUT2D eigenvalue weighted by Gasteiger charge is 2.08. The van der Waals surface area contributed by atoms with Crippen LogP contribution in [0.3, 0.4) is 0 Å². The Morgan fingerprint density at radius 1 is 0.833 bits per heavy atom. The van der Waals surface area contributed by atoms with E-state index < -0.39 is 0 Å². The van der Waals surface area contributed by atoms with Crippen molar-refractivity contribution in [1.82, 2.24) is 0 Å². The van der Waals surface area contributed by atoms with Gasteiger partial charge in [-0.25, -0.2) is 0 Å². The summed E-state index contributed by atoms with van der Waals surface area (Å²) in [5.41, 5.74) is 6.00. The van der Waals surface area contributed by atoms with Gasteiger partial charge in [-0.3, -0.25) is 0 Å². The van der Waals surface area contributed by atoms with Gasteiger partial charge in [-0.1, -0.05) is 24.3 Å². The zero-order valence-corrected chi connectivity index (χ0v) is 7.72. The minimum atomic E-state index is 1.13. The van der Waals surface area contributed by atoms with Crippen LogP contribution in [0.25, 0.3) is 0 Å². The summed E-state index contributed by atoms with van der Waals surface area (Å²) in [6, 6.07) is 4.46. The molecule has 12 heavy (non-hydrogen) atoms. The fourth-order valence-electron chi connectivity index (χ4n) is 1.90. The lowest BCUT2D eigenvalue weighted by molar-refractivity contribution is 1.05. The maximum atomic E-state index is 2.27. The van der Waals surface area contributed by atoms with E-state index in [1.165, 1.54) is 11.1 Å². The van der Waals surface area contributed by atoms with Crippen molar-refractivity contribution >= 4 is 0 Å². The van der Waals surface area contributed by atoms with Crippen LogP contribution < -0.4 is 0 Å². The molecule has 0 heteroatoms. The van der Waals surface area contributed by atoms with Gasteiger partial charge in [0.15, 0.2) is 0 Å². The van der Waals surface area contributed by atoms with Crippen LogP contribution in [0.15, 0.2) is 24.3 Å². The highest BCUT2D eigenvalue weighted by atomic mass is 14.1. The van der Waals surface area contributed by atoms with Crippen molar-refractivity contribution in [2.24, 2.45) is 0 Å². The Morgan fingerprint density at radius 2 is 1.25 bits per heavy atom. The standard InChI is InChI=1S/C12H14/c1-9-7-8-10(2)12-6-4-3-5-11(9)12/h3-4,7-8H,5-6H2,1-2H3. The topological polar surface area (TPSA) is 0 Å². The highest BCUT2D eigenvalue weighted by molar-refractivity contribution is 5.44. The molecule has 0 amide bonds. The maximum absolute atomic E-state index is 2.27. The Hall–Kier alpha value is -1.04. The van der Waals surface area contributed by atoms with E-state index in [1.54, 1.807) is 11.1 Å². The van der Waals surface area contributed by atoms with Crippen molar-refractivity contribution in [1.29, 1.82) is 0 Å². The first kappa shape index (κ1) is 7.60. The predicted molar refractivity (Wildman–Crippen MR) is 52.5 cm³/mol. The second kappa shape index (κ2) is 2.78. The van der Waals surface area contributed by atoms with E-state index in [9.17, 15) is 0 Å². The van der Waals surface area contributed by atoms with Gasteiger partial charge in [0.25, 0.3) is 0 Å². The summed E-state index contributed by atoms with van der Waals surface area (Å²) in [4.78, 5) is 0. The second-order valence-electron chi connectivity index (χ2n) is 3.54. The maximum Gasteiger partial charge on any atom is -0.00918 e. The smallest absolute Gasteiger partial charge is 0.00918 e. The molecule has 1 aromatic rings. The van der Waals surface area contributed by atoms with Gasteiger partial charge in [0.05, 0.1) is 0 Å². The van der Waals surface area contributed by atoms with Crippen molar-refractivity contribution in [2.45, 2.75) is 26.7 Å². The number of hydrogen-bond donors (Lipinski definition) is 0. The van der Waals surface area contributed by atoms with E-state index in [4.69, 9.17) is 0 Å². The summed E-state index contributed by atoms with van der Waals surface area (Å²) in [6.07, 6.45) is 6.80. The zero-order chi connectivity index (χ0) is 8.55. The molecule has 0 atom stereocenters. The fraction of sp³-hybridized carbons (Fsp3) is 0.333. The molecule has 0 saturated heterocycles. The second-order valence-corrected chi connectivity index (χ2v) is 3.54. The van der Waals surface area contributed by atoms with Crippen LogP contribution >= 0.6 is 0 Å². The summed E-state index contributed by atoms with van der Waals surface area (Å²) in [6.45, 7) is 4.41. The van der Waals surface area contributed by atoms with E-state index in [2.05, 4.69) is 38.1 Å². The van der Waals surface area contributed by atoms with E-state index in [0.29, 0.717) is 0 Å². The average molecular weight is 158 g/mol. The molecular weight excluding hydrogens is 144 g/mol. The summed E-state index contributed by atoms with van der Waals surface area (Å²) in [5.74, 6) is 0. The molecule has 1 aliphatic rings. The van der Waals surface area contributed by atoms with E-state index in [1.807, 2.05) is 0 Å². The Kier molecular flexibility index (Phi) is 1.76. The van der Waals surface area contributed by atoms with Crippen molar-refractivity contribution in [3.8, 4) is 0 Å². The van der Waals surface area contributed by atoms with Crippen LogP contribution in [0.5, 0.6) is 0 Å². The van der Waals surface area contributed by atoms with Crippen LogP contribution in [0.2, 0.25) is 0 Å². The Balaban J connectivity index is 2.61. The molecule has 1 aromatic carbocycles. The summed E-state index contributed by atoms with van der Waals surface area (Å²) < 4.78 is 0. The number of allylic oxidation sites excluding steroid dienone is 2. The third kappa shape index (κ3) is 1.08. The first-order valence-corrected chi connectivity index (χ1v) is 4.52. The van der Waals surface area contributed by atoms with E-state index >= 15 is 0 Å². The molecule has 0 bridgehead atoms. The molecule has 2 rings (SSSR count). The molecular formula is C12H14.